The second-order valence-corrected chi connectivity index (χ2v) is 9.78. The van der Waals surface area contributed by atoms with Crippen LogP contribution in [0.5, 0.6) is 0 Å². The molecule has 3 aliphatic heterocycles. The second kappa shape index (κ2) is 8.79. The van der Waals surface area contributed by atoms with Crippen molar-refractivity contribution in [3.63, 3.8) is 0 Å². The first-order valence-electron chi connectivity index (χ1n) is 12.3. The Bertz CT molecular complexity index is 1410. The molecule has 1 fully saturated rings. The number of nitrogens with one attached hydrogen (secondary N) is 1. The average Bonchev–Trinajstić information content (AvgIpc) is 3.20. The van der Waals surface area contributed by atoms with Crippen molar-refractivity contribution in [2.45, 2.75) is 44.9 Å². The summed E-state index contributed by atoms with van der Waals surface area (Å²) in [5.74, 6) is -0.803. The number of carbonyl (C=O) groups excluding carboxylic acids is 3. The summed E-state index contributed by atoms with van der Waals surface area (Å²) in [6.07, 6.45) is 2.89. The lowest BCUT2D eigenvalue weighted by molar-refractivity contribution is -0.136. The maximum Gasteiger partial charge on any atom is 0.255 e. The molecule has 0 spiro atoms. The first-order chi connectivity index (χ1) is 17.5. The molecular formula is C30H27N3O3. The third kappa shape index (κ3) is 3.79. The van der Waals surface area contributed by atoms with E-state index < -0.39 is 6.04 Å². The van der Waals surface area contributed by atoms with E-state index in [4.69, 9.17) is 0 Å². The van der Waals surface area contributed by atoms with Crippen molar-refractivity contribution in [1.29, 1.82) is 0 Å². The van der Waals surface area contributed by atoms with Crippen LogP contribution in [0.15, 0.2) is 78.4 Å². The highest BCUT2D eigenvalue weighted by molar-refractivity contribution is 6.05. The van der Waals surface area contributed by atoms with Gasteiger partial charge in [-0.05, 0) is 53.3 Å². The molecule has 6 nitrogen and oxygen atoms in total. The Morgan fingerprint density at radius 2 is 1.72 bits per heavy atom. The van der Waals surface area contributed by atoms with E-state index >= 15 is 0 Å². The van der Waals surface area contributed by atoms with E-state index in [9.17, 15) is 14.4 Å². The summed E-state index contributed by atoms with van der Waals surface area (Å²) in [6, 6.07) is 24.5. The summed E-state index contributed by atoms with van der Waals surface area (Å²) in [6.45, 7) is 3.24. The van der Waals surface area contributed by atoms with Crippen LogP contribution in [0, 0.1) is 0 Å². The maximum absolute atomic E-state index is 13.1. The smallest absolute Gasteiger partial charge is 0.255 e. The van der Waals surface area contributed by atoms with Gasteiger partial charge in [-0.1, -0.05) is 66.7 Å². The van der Waals surface area contributed by atoms with E-state index in [-0.39, 0.29) is 30.2 Å². The van der Waals surface area contributed by atoms with E-state index in [1.165, 1.54) is 22.4 Å². The first-order valence-corrected chi connectivity index (χ1v) is 12.3. The zero-order valence-corrected chi connectivity index (χ0v) is 20.1. The van der Waals surface area contributed by atoms with Crippen LogP contribution in [0.4, 0.5) is 5.69 Å². The van der Waals surface area contributed by atoms with Gasteiger partial charge in [0, 0.05) is 30.8 Å². The molecule has 3 heterocycles. The molecule has 3 aromatic carbocycles. The van der Waals surface area contributed by atoms with Crippen molar-refractivity contribution in [1.82, 2.24) is 10.2 Å². The molecule has 2 unspecified atom stereocenters. The van der Waals surface area contributed by atoms with Gasteiger partial charge in [-0.3, -0.25) is 19.7 Å². The van der Waals surface area contributed by atoms with Gasteiger partial charge >= 0.3 is 0 Å². The number of benzene rings is 3. The predicted molar refractivity (Wildman–Crippen MR) is 138 cm³/mol. The van der Waals surface area contributed by atoms with Gasteiger partial charge in [0.25, 0.3) is 5.91 Å². The van der Waals surface area contributed by atoms with Crippen LogP contribution >= 0.6 is 0 Å². The van der Waals surface area contributed by atoms with Crippen molar-refractivity contribution >= 4 is 29.5 Å². The third-order valence-corrected chi connectivity index (χ3v) is 7.43. The Labute approximate surface area is 210 Å². The van der Waals surface area contributed by atoms with Gasteiger partial charge in [0.15, 0.2) is 0 Å². The van der Waals surface area contributed by atoms with Crippen LogP contribution in [-0.2, 0) is 22.7 Å². The van der Waals surface area contributed by atoms with Gasteiger partial charge < -0.3 is 9.80 Å². The van der Waals surface area contributed by atoms with Crippen LogP contribution < -0.4 is 10.2 Å². The van der Waals surface area contributed by atoms with Crippen molar-refractivity contribution < 1.29 is 14.4 Å². The van der Waals surface area contributed by atoms with E-state index in [1.54, 1.807) is 4.90 Å². The standard InChI is InChI=1S/C30H27N3O3/c1-19-15-22-9-5-6-10-25(22)32(28(19)21-7-3-2-4-8-21)17-20-11-12-24-23(16-20)18-33(30(24)36)26-13-14-27(34)31-29(26)35/h2-12,15-16,26,28H,13-14,17-18H2,1H3,(H,31,34,35). The summed E-state index contributed by atoms with van der Waals surface area (Å²) in [5, 5.41) is 2.37. The van der Waals surface area contributed by atoms with Crippen LogP contribution in [0.3, 0.4) is 0 Å². The number of hydrogen-bond acceptors (Lipinski definition) is 4. The van der Waals surface area contributed by atoms with Crippen LogP contribution in [0.2, 0.25) is 0 Å². The Morgan fingerprint density at radius 3 is 2.53 bits per heavy atom. The fourth-order valence-electron chi connectivity index (χ4n) is 5.76. The lowest BCUT2D eigenvalue weighted by Crippen LogP contribution is -2.52. The highest BCUT2D eigenvalue weighted by Gasteiger charge is 2.39. The fourth-order valence-corrected chi connectivity index (χ4v) is 5.76. The first kappa shape index (κ1) is 22.3. The normalized spacial score (nSPS) is 21.1. The molecule has 0 radical (unpaired) electrons. The highest BCUT2D eigenvalue weighted by Crippen LogP contribution is 2.41. The van der Waals surface area contributed by atoms with E-state index in [0.717, 1.165) is 11.1 Å². The van der Waals surface area contributed by atoms with Gasteiger partial charge in [-0.15, -0.1) is 0 Å². The number of imide groups is 1. The molecular weight excluding hydrogens is 450 g/mol. The van der Waals surface area contributed by atoms with Gasteiger partial charge in [0.2, 0.25) is 11.8 Å². The van der Waals surface area contributed by atoms with Crippen molar-refractivity contribution in [3.8, 4) is 0 Å². The summed E-state index contributed by atoms with van der Waals surface area (Å²) < 4.78 is 0. The van der Waals surface area contributed by atoms with Crippen molar-refractivity contribution in [3.05, 3.63) is 106 Å². The second-order valence-electron chi connectivity index (χ2n) is 9.78. The van der Waals surface area contributed by atoms with Gasteiger partial charge in [-0.2, -0.15) is 0 Å². The van der Waals surface area contributed by atoms with E-state index in [0.29, 0.717) is 25.1 Å². The number of fused-ring (bicyclic) bond motifs is 2. The molecule has 0 aliphatic carbocycles. The third-order valence-electron chi connectivity index (χ3n) is 7.43. The highest BCUT2D eigenvalue weighted by atomic mass is 16.2. The Morgan fingerprint density at radius 1 is 0.944 bits per heavy atom. The number of carbonyl (C=O) groups is 3. The maximum atomic E-state index is 13.1. The summed E-state index contributed by atoms with van der Waals surface area (Å²) in [7, 11) is 0. The molecule has 1 N–H and O–H groups in total. The number of rotatable bonds is 4. The molecule has 3 amide bonds. The van der Waals surface area contributed by atoms with E-state index in [1.807, 2.05) is 18.2 Å². The number of hydrogen-bond donors (Lipinski definition) is 1. The van der Waals surface area contributed by atoms with Gasteiger partial charge in [0.05, 0.1) is 6.04 Å². The molecule has 0 aromatic heterocycles. The fraction of sp³-hybridized carbons (Fsp3) is 0.233. The van der Waals surface area contributed by atoms with Crippen molar-refractivity contribution in [2.24, 2.45) is 0 Å². The molecule has 180 valence electrons. The van der Waals surface area contributed by atoms with Gasteiger partial charge in [0.1, 0.15) is 6.04 Å². The van der Waals surface area contributed by atoms with E-state index in [2.05, 4.69) is 77.8 Å². The summed E-state index contributed by atoms with van der Waals surface area (Å²) in [4.78, 5) is 41.1. The minimum Gasteiger partial charge on any atom is -0.356 e. The molecule has 6 heteroatoms. The average molecular weight is 478 g/mol. The Kier molecular flexibility index (Phi) is 5.44. The number of piperidine rings is 1. The Balaban J connectivity index is 1.31. The number of anilines is 1. The predicted octanol–water partition coefficient (Wildman–Crippen LogP) is 4.61. The monoisotopic (exact) mass is 477 g/mol. The molecule has 3 aromatic rings. The molecule has 0 saturated carbocycles. The number of nitrogens with zero attached hydrogens (tertiary/aromatic N) is 2. The Hall–Kier alpha value is -4.19. The SMILES string of the molecule is CC1=Cc2ccccc2N(Cc2ccc3c(c2)CN(C2CCC(=O)NC2=O)C3=O)C1c1ccccc1. The zero-order chi connectivity index (χ0) is 24.8. The minimum absolute atomic E-state index is 0.107. The zero-order valence-electron chi connectivity index (χ0n) is 20.1. The van der Waals surface area contributed by atoms with Crippen LogP contribution in [0.25, 0.3) is 6.08 Å². The molecule has 3 aliphatic rings. The van der Waals surface area contributed by atoms with Crippen molar-refractivity contribution in [2.75, 3.05) is 4.90 Å². The largest absolute Gasteiger partial charge is 0.356 e. The van der Waals surface area contributed by atoms with Crippen LogP contribution in [0.1, 0.15) is 58.4 Å². The summed E-state index contributed by atoms with van der Waals surface area (Å²) >= 11 is 0. The lowest BCUT2D eigenvalue weighted by Gasteiger charge is -2.39. The quantitative estimate of drug-likeness (QED) is 0.557. The lowest BCUT2D eigenvalue weighted by atomic mass is 9.90. The molecule has 1 saturated heterocycles. The number of para-hydroxylation sites is 1. The van der Waals surface area contributed by atoms with Gasteiger partial charge in [-0.25, -0.2) is 0 Å². The van der Waals surface area contributed by atoms with Crippen LogP contribution in [-0.4, -0.2) is 28.7 Å². The molecule has 6 rings (SSSR count). The molecule has 2 atom stereocenters. The number of amides is 3. The minimum atomic E-state index is -0.602. The summed E-state index contributed by atoms with van der Waals surface area (Å²) in [5.41, 5.74) is 7.56. The molecule has 36 heavy (non-hydrogen) atoms. The topological polar surface area (TPSA) is 69.7 Å². The molecule has 0 bridgehead atoms.